The Bertz CT molecular complexity index is 321. The van der Waals surface area contributed by atoms with Crippen LogP contribution in [0.1, 0.15) is 10.4 Å². The van der Waals surface area contributed by atoms with Crippen molar-refractivity contribution in [1.29, 1.82) is 0 Å². The molecule has 0 unspecified atom stereocenters. The van der Waals surface area contributed by atoms with Crippen LogP contribution in [0.2, 0.25) is 0 Å². The first-order chi connectivity index (χ1) is 6.26. The van der Waals surface area contributed by atoms with Crippen LogP contribution < -0.4 is 4.74 Å². The van der Waals surface area contributed by atoms with E-state index >= 15 is 0 Å². The van der Waals surface area contributed by atoms with Crippen molar-refractivity contribution in [3.63, 3.8) is 0 Å². The van der Waals surface area contributed by atoms with E-state index in [0.717, 1.165) is 10.8 Å². The van der Waals surface area contributed by atoms with E-state index in [9.17, 15) is 4.79 Å². The number of rotatable bonds is 4. The molecular weight excluding hydrogens is 232 g/mol. The van der Waals surface area contributed by atoms with Crippen LogP contribution in [0.5, 0.6) is 5.75 Å². The minimum atomic E-state index is 0.439. The quantitative estimate of drug-likeness (QED) is 0.598. The fourth-order valence-electron chi connectivity index (χ4n) is 0.891. The predicted octanol–water partition coefficient (Wildman–Crippen LogP) is 2.83. The third-order valence-corrected chi connectivity index (χ3v) is 1.86. The molecule has 2 nitrogen and oxygen atoms in total. The number of hydrogen-bond acceptors (Lipinski definition) is 2. The van der Waals surface area contributed by atoms with Crippen LogP contribution in [0.15, 0.2) is 35.3 Å². The van der Waals surface area contributed by atoms with Crippen molar-refractivity contribution >= 4 is 22.2 Å². The van der Waals surface area contributed by atoms with Crippen molar-refractivity contribution < 1.29 is 9.53 Å². The summed E-state index contributed by atoms with van der Waals surface area (Å²) in [6.07, 6.45) is 2.44. The number of ether oxygens (including phenoxy) is 1. The van der Waals surface area contributed by atoms with Gasteiger partial charge in [-0.15, -0.1) is 0 Å². The number of hydrogen-bond donors (Lipinski definition) is 0. The Hall–Kier alpha value is -1.09. The molecule has 13 heavy (non-hydrogen) atoms. The van der Waals surface area contributed by atoms with Gasteiger partial charge in [-0.3, -0.25) is 4.79 Å². The second kappa shape index (κ2) is 4.82. The van der Waals surface area contributed by atoms with Gasteiger partial charge in [0.25, 0.3) is 0 Å². The summed E-state index contributed by atoms with van der Waals surface area (Å²) in [4.78, 5) is 10.5. The van der Waals surface area contributed by atoms with Crippen LogP contribution in [-0.4, -0.2) is 12.9 Å². The first kappa shape index (κ1) is 9.99. The number of aldehydes is 1. The molecule has 0 heterocycles. The van der Waals surface area contributed by atoms with E-state index in [0.29, 0.717) is 17.9 Å². The van der Waals surface area contributed by atoms with E-state index < -0.39 is 0 Å². The molecule has 68 valence electrons. The molecule has 0 aliphatic carbocycles. The van der Waals surface area contributed by atoms with Gasteiger partial charge in [-0.2, -0.15) is 0 Å². The van der Waals surface area contributed by atoms with Gasteiger partial charge in [-0.25, -0.2) is 0 Å². The zero-order chi connectivity index (χ0) is 9.68. The van der Waals surface area contributed by atoms with Crippen molar-refractivity contribution in [3.8, 4) is 5.75 Å². The van der Waals surface area contributed by atoms with Gasteiger partial charge in [0, 0.05) is 10.0 Å². The fraction of sp³-hybridized carbons (Fsp3) is 0.100. The molecule has 0 amide bonds. The standard InChI is InChI=1S/C10H9BrO2/c1-2-3-13-10-5-8(7-12)4-9(11)6-10/h2,4-7H,1,3H2. The van der Waals surface area contributed by atoms with Crippen LogP contribution in [0, 0.1) is 0 Å². The first-order valence-corrected chi connectivity index (χ1v) is 4.55. The van der Waals surface area contributed by atoms with Gasteiger partial charge in [0.15, 0.2) is 0 Å². The van der Waals surface area contributed by atoms with Crippen molar-refractivity contribution in [2.24, 2.45) is 0 Å². The maximum absolute atomic E-state index is 10.5. The van der Waals surface area contributed by atoms with Crippen molar-refractivity contribution in [1.82, 2.24) is 0 Å². The minimum absolute atomic E-state index is 0.439. The Morgan fingerprint density at radius 1 is 1.46 bits per heavy atom. The second-order valence-electron chi connectivity index (χ2n) is 2.44. The van der Waals surface area contributed by atoms with Crippen molar-refractivity contribution in [3.05, 3.63) is 40.9 Å². The first-order valence-electron chi connectivity index (χ1n) is 3.75. The highest BCUT2D eigenvalue weighted by Crippen LogP contribution is 2.20. The smallest absolute Gasteiger partial charge is 0.150 e. The number of carbonyl (C=O) groups is 1. The summed E-state index contributed by atoms with van der Waals surface area (Å²) in [7, 11) is 0. The van der Waals surface area contributed by atoms with Gasteiger partial charge in [-0.05, 0) is 18.2 Å². The Balaban J connectivity index is 2.87. The van der Waals surface area contributed by atoms with E-state index in [2.05, 4.69) is 22.5 Å². The molecule has 0 N–H and O–H groups in total. The van der Waals surface area contributed by atoms with Crippen LogP contribution in [-0.2, 0) is 0 Å². The van der Waals surface area contributed by atoms with Gasteiger partial charge in [0.2, 0.25) is 0 Å². The van der Waals surface area contributed by atoms with Gasteiger partial charge < -0.3 is 4.74 Å². The summed E-state index contributed by atoms with van der Waals surface area (Å²) < 4.78 is 6.10. The SMILES string of the molecule is C=CCOc1cc(Br)cc(C=O)c1. The second-order valence-corrected chi connectivity index (χ2v) is 3.35. The highest BCUT2D eigenvalue weighted by atomic mass is 79.9. The minimum Gasteiger partial charge on any atom is -0.489 e. The molecule has 0 fully saturated rings. The summed E-state index contributed by atoms with van der Waals surface area (Å²) in [5, 5.41) is 0. The van der Waals surface area contributed by atoms with Crippen molar-refractivity contribution in [2.45, 2.75) is 0 Å². The largest absolute Gasteiger partial charge is 0.489 e. The maximum atomic E-state index is 10.5. The van der Waals surface area contributed by atoms with Crippen molar-refractivity contribution in [2.75, 3.05) is 6.61 Å². The summed E-state index contributed by atoms with van der Waals surface area (Å²) in [6.45, 7) is 3.97. The number of carbonyl (C=O) groups excluding carboxylic acids is 1. The maximum Gasteiger partial charge on any atom is 0.150 e. The molecule has 0 aliphatic heterocycles. The average molecular weight is 241 g/mol. The molecule has 0 radical (unpaired) electrons. The highest BCUT2D eigenvalue weighted by Gasteiger charge is 1.98. The van der Waals surface area contributed by atoms with Gasteiger partial charge in [0.1, 0.15) is 18.6 Å². The monoisotopic (exact) mass is 240 g/mol. The molecule has 0 saturated heterocycles. The van der Waals surface area contributed by atoms with Crippen LogP contribution in [0.4, 0.5) is 0 Å². The topological polar surface area (TPSA) is 26.3 Å². The Labute approximate surface area is 85.3 Å². The predicted molar refractivity (Wildman–Crippen MR) is 55.2 cm³/mol. The lowest BCUT2D eigenvalue weighted by atomic mass is 10.2. The van der Waals surface area contributed by atoms with Crippen LogP contribution in [0.25, 0.3) is 0 Å². The molecule has 0 spiro atoms. The van der Waals surface area contributed by atoms with E-state index in [4.69, 9.17) is 4.74 Å². The van der Waals surface area contributed by atoms with E-state index in [-0.39, 0.29) is 0 Å². The molecule has 0 saturated carbocycles. The molecule has 1 aromatic carbocycles. The Morgan fingerprint density at radius 3 is 2.85 bits per heavy atom. The lowest BCUT2D eigenvalue weighted by Gasteiger charge is -2.03. The molecule has 0 atom stereocenters. The average Bonchev–Trinajstić information content (AvgIpc) is 2.14. The van der Waals surface area contributed by atoms with E-state index in [1.165, 1.54) is 0 Å². The Morgan fingerprint density at radius 2 is 2.23 bits per heavy atom. The normalized spacial score (nSPS) is 9.31. The lowest BCUT2D eigenvalue weighted by molar-refractivity contribution is 0.112. The molecule has 3 heteroatoms. The number of halogens is 1. The van der Waals surface area contributed by atoms with E-state index in [1.807, 2.05) is 0 Å². The van der Waals surface area contributed by atoms with Gasteiger partial charge in [0.05, 0.1) is 0 Å². The zero-order valence-electron chi connectivity index (χ0n) is 7.00. The highest BCUT2D eigenvalue weighted by molar-refractivity contribution is 9.10. The summed E-state index contributed by atoms with van der Waals surface area (Å²) in [5.74, 6) is 0.663. The zero-order valence-corrected chi connectivity index (χ0v) is 8.58. The molecule has 0 bridgehead atoms. The van der Waals surface area contributed by atoms with E-state index in [1.54, 1.807) is 24.3 Å². The lowest BCUT2D eigenvalue weighted by Crippen LogP contribution is -1.93. The summed E-state index contributed by atoms with van der Waals surface area (Å²) in [5.41, 5.74) is 0.591. The molecule has 1 aromatic rings. The third kappa shape index (κ3) is 3.03. The Kier molecular flexibility index (Phi) is 3.71. The summed E-state index contributed by atoms with van der Waals surface area (Å²) in [6, 6.07) is 5.21. The molecule has 0 aliphatic rings. The van der Waals surface area contributed by atoms with Gasteiger partial charge in [-0.1, -0.05) is 28.6 Å². The van der Waals surface area contributed by atoms with Gasteiger partial charge >= 0.3 is 0 Å². The molecular formula is C10H9BrO2. The fourth-order valence-corrected chi connectivity index (χ4v) is 1.38. The molecule has 0 aromatic heterocycles. The third-order valence-electron chi connectivity index (χ3n) is 1.40. The van der Waals surface area contributed by atoms with Crippen LogP contribution in [0.3, 0.4) is 0 Å². The molecule has 1 rings (SSSR count). The summed E-state index contributed by atoms with van der Waals surface area (Å²) >= 11 is 3.28. The number of benzene rings is 1. The van der Waals surface area contributed by atoms with Crippen LogP contribution >= 0.6 is 15.9 Å².